The number of hydrogen-bond donors (Lipinski definition) is 1. The van der Waals surface area contributed by atoms with E-state index in [1.807, 2.05) is 31.3 Å². The Balaban J connectivity index is 1.22. The summed E-state index contributed by atoms with van der Waals surface area (Å²) in [7, 11) is 2.16. The van der Waals surface area contributed by atoms with Crippen LogP contribution >= 0.6 is 11.6 Å². The molecule has 0 unspecified atom stereocenters. The van der Waals surface area contributed by atoms with E-state index in [1.165, 1.54) is 0 Å². The molecule has 12 heteroatoms. The highest BCUT2D eigenvalue weighted by atomic mass is 35.5. The zero-order chi connectivity index (χ0) is 31.6. The smallest absolute Gasteiger partial charge is 0.271 e. The van der Waals surface area contributed by atoms with Gasteiger partial charge in [-0.1, -0.05) is 11.6 Å². The van der Waals surface area contributed by atoms with Gasteiger partial charge in [0.15, 0.2) is 0 Å². The Labute approximate surface area is 268 Å². The predicted octanol–water partition coefficient (Wildman–Crippen LogP) is 4.12. The highest BCUT2D eigenvalue weighted by Crippen LogP contribution is 2.33. The number of amides is 1. The fraction of sp³-hybridized carbons (Fsp3) is 0.424. The van der Waals surface area contributed by atoms with E-state index in [0.29, 0.717) is 29.0 Å². The van der Waals surface area contributed by atoms with Crippen molar-refractivity contribution in [3.05, 3.63) is 71.4 Å². The van der Waals surface area contributed by atoms with Crippen LogP contribution in [0.2, 0.25) is 5.02 Å². The van der Waals surface area contributed by atoms with Crippen molar-refractivity contribution in [3.63, 3.8) is 0 Å². The minimum atomic E-state index is -0.426. The summed E-state index contributed by atoms with van der Waals surface area (Å²) in [5, 5.41) is 17.8. The van der Waals surface area contributed by atoms with Crippen molar-refractivity contribution in [1.29, 1.82) is 5.26 Å². The second-order valence-corrected chi connectivity index (χ2v) is 12.4. The number of piperidine rings is 1. The number of anilines is 1. The summed E-state index contributed by atoms with van der Waals surface area (Å²) in [6.07, 6.45) is 8.30. The molecule has 1 atom stereocenters. The summed E-state index contributed by atoms with van der Waals surface area (Å²) in [5.41, 5.74) is 2.76. The molecule has 4 aromatic rings. The topological polar surface area (TPSA) is 115 Å². The van der Waals surface area contributed by atoms with Crippen molar-refractivity contribution in [2.24, 2.45) is 0 Å². The molecule has 0 bridgehead atoms. The van der Waals surface area contributed by atoms with Crippen molar-refractivity contribution < 1.29 is 9.53 Å². The molecule has 0 aliphatic carbocycles. The Morgan fingerprint density at radius 1 is 1.18 bits per heavy atom. The number of carbonyl (C=O) groups excluding carboxylic acids is 1. The van der Waals surface area contributed by atoms with Crippen molar-refractivity contribution in [1.82, 2.24) is 34.7 Å². The van der Waals surface area contributed by atoms with Gasteiger partial charge in [0.1, 0.15) is 23.3 Å². The van der Waals surface area contributed by atoms with Crippen LogP contribution in [0.15, 0.2) is 55.1 Å². The summed E-state index contributed by atoms with van der Waals surface area (Å²) >= 11 is 6.35. The highest BCUT2D eigenvalue weighted by molar-refractivity contribution is 6.33. The molecule has 2 fully saturated rings. The molecule has 6 rings (SSSR count). The Hall–Kier alpha value is -4.24. The molecule has 1 N–H and O–H groups in total. The summed E-state index contributed by atoms with van der Waals surface area (Å²) in [4.78, 5) is 29.7. The van der Waals surface area contributed by atoms with Crippen LogP contribution in [0.1, 0.15) is 42.7 Å². The standard InChI is InChI=1S/C33H38ClN9O2/c1-4-45-26-16-27(31-25(17-35)19-38-43(31)21-26)24-7-8-29(37-18-24)42-12-9-33(10-13-42,22-41-15-14-40(3)23(2)20-41)39-32(44)30-28(34)6-5-11-36-30/h5-8,11,16,18-19,21,23H,4,9-10,12-15,20,22H2,1-3H3,(H,39,44)/t23-/m0/s1. The van der Waals surface area contributed by atoms with Crippen LogP contribution in [0.25, 0.3) is 16.6 Å². The zero-order valence-corrected chi connectivity index (χ0v) is 26.7. The SMILES string of the molecule is CCOc1cc(-c2ccc(N3CCC(CN4CCN(C)[C@@H](C)C4)(NC(=O)c4ncccc4Cl)CC3)nc2)c2c(C#N)cnn2c1. The maximum Gasteiger partial charge on any atom is 0.271 e. The van der Waals surface area contributed by atoms with Gasteiger partial charge in [0.25, 0.3) is 5.91 Å². The van der Waals surface area contributed by atoms with Gasteiger partial charge in [-0.05, 0) is 64.1 Å². The van der Waals surface area contributed by atoms with Crippen LogP contribution in [0.3, 0.4) is 0 Å². The molecular formula is C33H38ClN9O2. The second kappa shape index (κ2) is 13.0. The Morgan fingerprint density at radius 3 is 2.69 bits per heavy atom. The first kappa shape index (κ1) is 30.8. The molecule has 2 aliphatic rings. The molecule has 0 radical (unpaired) electrons. The lowest BCUT2D eigenvalue weighted by Crippen LogP contribution is -2.63. The lowest BCUT2D eigenvalue weighted by molar-refractivity contribution is 0.0619. The zero-order valence-electron chi connectivity index (χ0n) is 25.9. The van der Waals surface area contributed by atoms with E-state index in [1.54, 1.807) is 35.2 Å². The monoisotopic (exact) mass is 627 g/mol. The van der Waals surface area contributed by atoms with Gasteiger partial charge in [-0.15, -0.1) is 0 Å². The second-order valence-electron chi connectivity index (χ2n) is 12.0. The number of carbonyl (C=O) groups is 1. The van der Waals surface area contributed by atoms with Crippen LogP contribution < -0.4 is 15.0 Å². The van der Waals surface area contributed by atoms with Crippen molar-refractivity contribution >= 4 is 28.8 Å². The van der Waals surface area contributed by atoms with Crippen molar-refractivity contribution in [2.75, 3.05) is 57.8 Å². The Morgan fingerprint density at radius 2 is 2.00 bits per heavy atom. The van der Waals surface area contributed by atoms with E-state index in [4.69, 9.17) is 21.3 Å². The van der Waals surface area contributed by atoms with Gasteiger partial charge in [0.05, 0.1) is 40.6 Å². The van der Waals surface area contributed by atoms with Crippen molar-refractivity contribution in [2.45, 2.75) is 38.3 Å². The maximum atomic E-state index is 13.5. The third kappa shape index (κ3) is 6.45. The molecule has 0 aromatic carbocycles. The average Bonchev–Trinajstić information content (AvgIpc) is 3.46. The van der Waals surface area contributed by atoms with E-state index < -0.39 is 5.54 Å². The number of nitrogens with one attached hydrogen (secondary N) is 1. The molecule has 1 amide bonds. The first-order valence-corrected chi connectivity index (χ1v) is 15.8. The number of piperazine rings is 1. The van der Waals surface area contributed by atoms with Gasteiger partial charge in [0, 0.05) is 68.8 Å². The third-order valence-electron chi connectivity index (χ3n) is 9.04. The van der Waals surface area contributed by atoms with Gasteiger partial charge in [-0.2, -0.15) is 10.4 Å². The van der Waals surface area contributed by atoms with E-state index in [0.717, 1.165) is 74.6 Å². The molecule has 4 aromatic heterocycles. The number of hydrogen-bond acceptors (Lipinski definition) is 9. The van der Waals surface area contributed by atoms with Gasteiger partial charge >= 0.3 is 0 Å². The predicted molar refractivity (Wildman–Crippen MR) is 174 cm³/mol. The molecule has 234 valence electrons. The molecule has 45 heavy (non-hydrogen) atoms. The summed E-state index contributed by atoms with van der Waals surface area (Å²) in [5.74, 6) is 1.30. The number of pyridine rings is 3. The first-order chi connectivity index (χ1) is 21.8. The highest BCUT2D eigenvalue weighted by Gasteiger charge is 2.39. The molecule has 0 spiro atoms. The maximum absolute atomic E-state index is 13.5. The molecule has 6 heterocycles. The fourth-order valence-electron chi connectivity index (χ4n) is 6.41. The van der Waals surface area contributed by atoms with Gasteiger partial charge in [-0.25, -0.2) is 14.5 Å². The summed E-state index contributed by atoms with van der Waals surface area (Å²) < 4.78 is 7.45. The number of nitriles is 1. The summed E-state index contributed by atoms with van der Waals surface area (Å²) in [6, 6.07) is 12.1. The number of halogens is 1. The lowest BCUT2D eigenvalue weighted by atomic mass is 9.86. The van der Waals surface area contributed by atoms with Crippen molar-refractivity contribution in [3.8, 4) is 22.9 Å². The number of likely N-dealkylation sites (N-methyl/N-ethyl adjacent to an activating group) is 1. The molecule has 2 aliphatic heterocycles. The van der Waals surface area contributed by atoms with Gasteiger partial charge in [0.2, 0.25) is 0 Å². The number of rotatable bonds is 8. The van der Waals surface area contributed by atoms with Crippen LogP contribution in [-0.2, 0) is 0 Å². The van der Waals surface area contributed by atoms with Gasteiger partial charge < -0.3 is 19.9 Å². The van der Waals surface area contributed by atoms with Gasteiger partial charge in [-0.3, -0.25) is 9.69 Å². The minimum Gasteiger partial charge on any atom is -0.492 e. The number of fused-ring (bicyclic) bond motifs is 1. The Bertz CT molecular complexity index is 1710. The first-order valence-electron chi connectivity index (χ1n) is 15.4. The fourth-order valence-corrected chi connectivity index (χ4v) is 6.62. The quantitative estimate of drug-likeness (QED) is 0.308. The lowest BCUT2D eigenvalue weighted by Gasteiger charge is -2.47. The minimum absolute atomic E-state index is 0.240. The van der Waals surface area contributed by atoms with Crippen LogP contribution in [0, 0.1) is 11.3 Å². The number of nitrogens with zero attached hydrogens (tertiary/aromatic N) is 8. The molecule has 2 saturated heterocycles. The van der Waals surface area contributed by atoms with E-state index in [9.17, 15) is 10.1 Å². The molecular weight excluding hydrogens is 590 g/mol. The largest absolute Gasteiger partial charge is 0.492 e. The van der Waals surface area contributed by atoms with E-state index >= 15 is 0 Å². The average molecular weight is 628 g/mol. The Kier molecular flexibility index (Phi) is 8.90. The van der Waals surface area contributed by atoms with E-state index in [2.05, 4.69) is 50.1 Å². The van der Waals surface area contributed by atoms with Crippen LogP contribution in [-0.4, -0.2) is 99.8 Å². The third-order valence-corrected chi connectivity index (χ3v) is 9.35. The van der Waals surface area contributed by atoms with E-state index in [-0.39, 0.29) is 11.6 Å². The normalized spacial score (nSPS) is 18.9. The number of ether oxygens (including phenoxy) is 1. The number of aromatic nitrogens is 4. The summed E-state index contributed by atoms with van der Waals surface area (Å²) in [6.45, 7) is 9.83. The van der Waals surface area contributed by atoms with Crippen LogP contribution in [0.5, 0.6) is 5.75 Å². The molecule has 0 saturated carbocycles. The molecule has 11 nitrogen and oxygen atoms in total. The van der Waals surface area contributed by atoms with Crippen LogP contribution in [0.4, 0.5) is 5.82 Å².